The van der Waals surface area contributed by atoms with Gasteiger partial charge in [0, 0.05) is 12.7 Å². The molecule has 0 atom stereocenters. The average Bonchev–Trinajstić information content (AvgIpc) is 2.78. The molecule has 2 rings (SSSR count). The highest BCUT2D eigenvalue weighted by Gasteiger charge is 2.52. The van der Waals surface area contributed by atoms with Gasteiger partial charge in [0.2, 0.25) is 0 Å². The van der Waals surface area contributed by atoms with Gasteiger partial charge in [-0.2, -0.15) is 0 Å². The number of ether oxygens (including phenoxy) is 1. The molecule has 26 heavy (non-hydrogen) atoms. The van der Waals surface area contributed by atoms with Gasteiger partial charge in [0.15, 0.2) is 5.12 Å². The van der Waals surface area contributed by atoms with E-state index in [-0.39, 0.29) is 5.12 Å². The smallest absolute Gasteiger partial charge is 0.465 e. The Hall–Kier alpha value is -1.57. The molecule has 7 heteroatoms. The number of thioether (sulfide) groups is 1. The standard InChI is InChI=1S/C19H25BO5S/c1-13(21)26-12-16(20-24-18(2,3)19(4,5)25-20)11-14-8-7-9-15(10-14)17(22)23-6/h7-11H,12H2,1-6H3. The molecule has 0 amide bonds. The lowest BCUT2D eigenvalue weighted by Crippen LogP contribution is -2.41. The van der Waals surface area contributed by atoms with Crippen molar-refractivity contribution in [3.63, 3.8) is 0 Å². The van der Waals surface area contributed by atoms with Crippen molar-refractivity contribution in [2.45, 2.75) is 45.8 Å². The van der Waals surface area contributed by atoms with E-state index in [4.69, 9.17) is 14.0 Å². The second kappa shape index (κ2) is 7.98. The van der Waals surface area contributed by atoms with E-state index in [1.807, 2.05) is 39.8 Å². The van der Waals surface area contributed by atoms with Crippen molar-refractivity contribution in [3.8, 4) is 0 Å². The summed E-state index contributed by atoms with van der Waals surface area (Å²) in [5.74, 6) is 0.0600. The van der Waals surface area contributed by atoms with Crippen molar-refractivity contribution >= 4 is 36.0 Å². The number of hydrogen-bond donors (Lipinski definition) is 0. The van der Waals surface area contributed by atoms with Gasteiger partial charge in [-0.05, 0) is 50.9 Å². The highest BCUT2D eigenvalue weighted by molar-refractivity contribution is 8.13. The first-order chi connectivity index (χ1) is 12.1. The van der Waals surface area contributed by atoms with Crippen LogP contribution in [0.5, 0.6) is 0 Å². The molecule has 0 unspecified atom stereocenters. The van der Waals surface area contributed by atoms with Gasteiger partial charge in [0.25, 0.3) is 0 Å². The van der Waals surface area contributed by atoms with Gasteiger partial charge < -0.3 is 14.0 Å². The van der Waals surface area contributed by atoms with E-state index >= 15 is 0 Å². The van der Waals surface area contributed by atoms with E-state index in [9.17, 15) is 9.59 Å². The molecule has 1 aliphatic heterocycles. The normalized spacial score (nSPS) is 18.7. The first kappa shape index (κ1) is 20.7. The van der Waals surface area contributed by atoms with Crippen molar-refractivity contribution in [1.29, 1.82) is 0 Å². The molecular formula is C19H25BO5S. The third-order valence-electron chi connectivity index (χ3n) is 4.66. The van der Waals surface area contributed by atoms with Crippen LogP contribution in [0, 0.1) is 0 Å². The molecule has 1 aliphatic rings. The van der Waals surface area contributed by atoms with Crippen molar-refractivity contribution in [1.82, 2.24) is 0 Å². The summed E-state index contributed by atoms with van der Waals surface area (Å²) >= 11 is 1.20. The van der Waals surface area contributed by atoms with Crippen molar-refractivity contribution in [2.75, 3.05) is 12.9 Å². The minimum absolute atomic E-state index is 0.0238. The molecule has 0 aliphatic carbocycles. The van der Waals surface area contributed by atoms with Crippen LogP contribution in [-0.2, 0) is 18.8 Å². The van der Waals surface area contributed by atoms with E-state index in [1.54, 1.807) is 18.2 Å². The maximum atomic E-state index is 11.8. The lowest BCUT2D eigenvalue weighted by Gasteiger charge is -2.32. The lowest BCUT2D eigenvalue weighted by atomic mass is 9.78. The number of rotatable bonds is 5. The average molecular weight is 376 g/mol. The number of esters is 1. The van der Waals surface area contributed by atoms with E-state index in [0.717, 1.165) is 11.0 Å². The van der Waals surface area contributed by atoms with E-state index < -0.39 is 24.3 Å². The van der Waals surface area contributed by atoms with Crippen LogP contribution in [-0.4, -0.2) is 42.3 Å². The number of carbonyl (C=O) groups is 2. The Morgan fingerprint density at radius 3 is 2.35 bits per heavy atom. The predicted octanol–water partition coefficient (Wildman–Crippen LogP) is 3.77. The van der Waals surface area contributed by atoms with E-state index in [2.05, 4.69) is 0 Å². The molecule has 1 saturated heterocycles. The van der Waals surface area contributed by atoms with Gasteiger partial charge in [-0.3, -0.25) is 4.79 Å². The van der Waals surface area contributed by atoms with Crippen LogP contribution < -0.4 is 0 Å². The van der Waals surface area contributed by atoms with Crippen molar-refractivity contribution in [2.24, 2.45) is 0 Å². The van der Waals surface area contributed by atoms with Crippen LogP contribution in [0.4, 0.5) is 0 Å². The Labute approximate surface area is 159 Å². The summed E-state index contributed by atoms with van der Waals surface area (Å²) in [6.45, 7) is 9.48. The molecule has 0 saturated carbocycles. The fraction of sp³-hybridized carbons (Fsp3) is 0.474. The Bertz CT molecular complexity index is 710. The molecule has 1 aromatic rings. The summed E-state index contributed by atoms with van der Waals surface area (Å²) in [5, 5.41) is 0.0238. The summed E-state index contributed by atoms with van der Waals surface area (Å²) in [6.07, 6.45) is 1.91. The van der Waals surface area contributed by atoms with Crippen LogP contribution in [0.25, 0.3) is 6.08 Å². The van der Waals surface area contributed by atoms with Crippen LogP contribution in [0.15, 0.2) is 29.7 Å². The molecule has 0 N–H and O–H groups in total. The van der Waals surface area contributed by atoms with Gasteiger partial charge in [-0.1, -0.05) is 30.0 Å². The fourth-order valence-electron chi connectivity index (χ4n) is 2.44. The fourth-order valence-corrected chi connectivity index (χ4v) is 3.03. The van der Waals surface area contributed by atoms with Crippen molar-refractivity contribution < 1.29 is 23.6 Å². The highest BCUT2D eigenvalue weighted by Crippen LogP contribution is 2.39. The molecule has 0 radical (unpaired) electrons. The van der Waals surface area contributed by atoms with Crippen LogP contribution in [0.2, 0.25) is 0 Å². The Morgan fingerprint density at radius 2 is 1.81 bits per heavy atom. The van der Waals surface area contributed by atoms with Gasteiger partial charge in [-0.15, -0.1) is 0 Å². The Kier molecular flexibility index (Phi) is 6.37. The maximum Gasteiger partial charge on any atom is 0.491 e. The summed E-state index contributed by atoms with van der Waals surface area (Å²) in [5.41, 5.74) is 1.19. The van der Waals surface area contributed by atoms with Gasteiger partial charge >= 0.3 is 13.1 Å². The van der Waals surface area contributed by atoms with Crippen LogP contribution >= 0.6 is 11.8 Å². The molecule has 5 nitrogen and oxygen atoms in total. The minimum atomic E-state index is -0.548. The topological polar surface area (TPSA) is 61.8 Å². The second-order valence-corrected chi connectivity index (χ2v) is 8.36. The maximum absolute atomic E-state index is 11.8. The number of methoxy groups -OCH3 is 1. The molecular weight excluding hydrogens is 351 g/mol. The zero-order chi connectivity index (χ0) is 19.5. The number of benzene rings is 1. The summed E-state index contributed by atoms with van der Waals surface area (Å²) in [6, 6.07) is 7.12. The Balaban J connectivity index is 2.35. The first-order valence-corrected chi connectivity index (χ1v) is 9.42. The van der Waals surface area contributed by atoms with Crippen molar-refractivity contribution in [3.05, 3.63) is 40.9 Å². The molecule has 140 valence electrons. The van der Waals surface area contributed by atoms with E-state index in [1.165, 1.54) is 25.8 Å². The van der Waals surface area contributed by atoms with Crippen LogP contribution in [0.1, 0.15) is 50.5 Å². The highest BCUT2D eigenvalue weighted by atomic mass is 32.2. The monoisotopic (exact) mass is 376 g/mol. The second-order valence-electron chi connectivity index (χ2n) is 7.20. The largest absolute Gasteiger partial charge is 0.491 e. The molecule has 1 aromatic carbocycles. The zero-order valence-corrected chi connectivity index (χ0v) is 16.9. The summed E-state index contributed by atoms with van der Waals surface area (Å²) in [7, 11) is 0.804. The minimum Gasteiger partial charge on any atom is -0.465 e. The number of hydrogen-bond acceptors (Lipinski definition) is 6. The molecule has 1 heterocycles. The molecule has 0 spiro atoms. The van der Waals surface area contributed by atoms with Crippen LogP contribution in [0.3, 0.4) is 0 Å². The van der Waals surface area contributed by atoms with Gasteiger partial charge in [-0.25, -0.2) is 4.79 Å². The predicted molar refractivity (Wildman–Crippen MR) is 105 cm³/mol. The first-order valence-electron chi connectivity index (χ1n) is 8.43. The lowest BCUT2D eigenvalue weighted by molar-refractivity contribution is -0.109. The SMILES string of the molecule is COC(=O)c1cccc(C=C(CSC(C)=O)B2OC(C)(C)C(C)(C)O2)c1. The third-order valence-corrected chi connectivity index (χ3v) is 5.54. The summed E-state index contributed by atoms with van der Waals surface area (Å²) < 4.78 is 17.0. The molecule has 0 bridgehead atoms. The van der Waals surface area contributed by atoms with E-state index in [0.29, 0.717) is 11.3 Å². The van der Waals surface area contributed by atoms with Gasteiger partial charge in [0.05, 0.1) is 23.9 Å². The van der Waals surface area contributed by atoms with Gasteiger partial charge in [0.1, 0.15) is 0 Å². The quantitative estimate of drug-likeness (QED) is 0.576. The molecule has 0 aromatic heterocycles. The third kappa shape index (κ3) is 4.78. The molecule has 1 fully saturated rings. The number of carbonyl (C=O) groups excluding carboxylic acids is 2. The summed E-state index contributed by atoms with van der Waals surface area (Å²) in [4.78, 5) is 23.2. The Morgan fingerprint density at radius 1 is 1.19 bits per heavy atom. The zero-order valence-electron chi connectivity index (χ0n) is 16.1.